The molecule has 4 aromatic heterocycles. The highest BCUT2D eigenvalue weighted by atomic mass is 35.5. The van der Waals surface area contributed by atoms with Crippen molar-refractivity contribution in [2.24, 2.45) is 5.41 Å². The van der Waals surface area contributed by atoms with Crippen LogP contribution in [0.2, 0.25) is 5.02 Å². The molecule has 0 radical (unpaired) electrons. The average Bonchev–Trinajstić information content (AvgIpc) is 3.49. The van der Waals surface area contributed by atoms with E-state index in [-0.39, 0.29) is 32.1 Å². The van der Waals surface area contributed by atoms with Gasteiger partial charge in [-0.05, 0) is 62.1 Å². The molecule has 4 aliphatic rings. The second-order valence-corrected chi connectivity index (χ2v) is 14.5. The van der Waals surface area contributed by atoms with E-state index in [0.717, 1.165) is 82.0 Å². The van der Waals surface area contributed by atoms with Gasteiger partial charge in [-0.25, -0.2) is 0 Å². The summed E-state index contributed by atoms with van der Waals surface area (Å²) >= 11 is 8.36. The van der Waals surface area contributed by atoms with Crippen molar-refractivity contribution < 1.29 is 22.6 Å². The van der Waals surface area contributed by atoms with Crippen molar-refractivity contribution in [3.05, 3.63) is 35.1 Å². The van der Waals surface area contributed by atoms with E-state index in [1.165, 1.54) is 11.3 Å². The van der Waals surface area contributed by atoms with E-state index in [4.69, 9.17) is 36.0 Å². The molecule has 1 aromatic carbocycles. The highest BCUT2D eigenvalue weighted by molar-refractivity contribution is 7.26. The van der Waals surface area contributed by atoms with Crippen LogP contribution in [0.1, 0.15) is 50.0 Å². The smallest absolute Gasteiger partial charge is 0.397 e. The number of anilines is 1. The number of alkyl halides is 3. The Balaban J connectivity index is 1.22. The summed E-state index contributed by atoms with van der Waals surface area (Å²) in [5.41, 5.74) is 1.67. The highest BCUT2D eigenvalue weighted by Gasteiger charge is 2.56. The standard InChI is InChI=1S/C32H31ClF3N7O2S/c33-21-11-22-20(12-38-42-22)24(23(21)16-1-2-16)26-27-19(5-8-37-26)25-28(43-13-17-3-4-18(14-43)39-17)40-30(41-29(25)46-27)45-15-31(32(34,35)36)6-9-44-10-7-31/h5,8,11-12,16-18,39H,1-4,6-7,9-10,13-15H2,(H,38,42). The van der Waals surface area contributed by atoms with Gasteiger partial charge in [0.05, 0.1) is 27.5 Å². The van der Waals surface area contributed by atoms with Crippen molar-refractivity contribution in [1.82, 2.24) is 30.5 Å². The van der Waals surface area contributed by atoms with Crippen molar-refractivity contribution in [3.8, 4) is 17.3 Å². The molecule has 3 saturated heterocycles. The summed E-state index contributed by atoms with van der Waals surface area (Å²) in [4.78, 5) is 17.5. The van der Waals surface area contributed by atoms with Crippen LogP contribution in [0.25, 0.3) is 42.5 Å². The van der Waals surface area contributed by atoms with Crippen LogP contribution < -0.4 is 15.0 Å². The van der Waals surface area contributed by atoms with E-state index >= 15 is 0 Å². The zero-order valence-electron chi connectivity index (χ0n) is 24.8. The SMILES string of the molecule is FC(F)(F)C1(COc2nc(N3CC4CCC(C3)N4)c3c(n2)sc2c(-c4c(C5CC5)c(Cl)cc5[nH]ncc45)nccc23)CCOCC1. The van der Waals surface area contributed by atoms with E-state index < -0.39 is 18.2 Å². The lowest BCUT2D eigenvalue weighted by molar-refractivity contribution is -0.254. The lowest BCUT2D eigenvalue weighted by Crippen LogP contribution is -2.51. The molecular weight excluding hydrogens is 639 g/mol. The Morgan fingerprint density at radius 3 is 2.61 bits per heavy atom. The number of nitrogens with one attached hydrogen (secondary N) is 2. The Hall–Kier alpha value is -3.26. The summed E-state index contributed by atoms with van der Waals surface area (Å²) in [7, 11) is 0. The van der Waals surface area contributed by atoms with Crippen molar-refractivity contribution in [2.45, 2.75) is 62.7 Å². The average molecular weight is 670 g/mol. The molecule has 5 aromatic rings. The normalized spacial score (nSPS) is 23.2. The minimum absolute atomic E-state index is 0.0387. The third-order valence-electron chi connectivity index (χ3n) is 10.2. The molecule has 0 spiro atoms. The van der Waals surface area contributed by atoms with Gasteiger partial charge in [0.2, 0.25) is 0 Å². The summed E-state index contributed by atoms with van der Waals surface area (Å²) in [5, 5.41) is 14.5. The highest BCUT2D eigenvalue weighted by Crippen LogP contribution is 2.52. The fourth-order valence-electron chi connectivity index (χ4n) is 7.58. The Morgan fingerprint density at radius 1 is 1.09 bits per heavy atom. The van der Waals surface area contributed by atoms with Crippen LogP contribution in [-0.2, 0) is 4.74 Å². The molecule has 2 atom stereocenters. The molecule has 2 N–H and O–H groups in total. The minimum atomic E-state index is -4.44. The number of piperazine rings is 1. The third-order valence-corrected chi connectivity index (χ3v) is 11.6. The van der Waals surface area contributed by atoms with Gasteiger partial charge in [0.1, 0.15) is 22.7 Å². The number of nitrogens with zero attached hydrogens (tertiary/aromatic N) is 5. The Kier molecular flexibility index (Phi) is 6.68. The molecule has 2 bridgehead atoms. The van der Waals surface area contributed by atoms with Gasteiger partial charge in [-0.15, -0.1) is 11.3 Å². The fourth-order valence-corrected chi connectivity index (χ4v) is 9.09. The first-order chi connectivity index (χ1) is 22.3. The van der Waals surface area contributed by atoms with Crippen LogP contribution in [0.4, 0.5) is 19.0 Å². The van der Waals surface area contributed by atoms with Gasteiger partial charge in [0.15, 0.2) is 0 Å². The lowest BCUT2D eigenvalue weighted by Gasteiger charge is -2.38. The molecule has 9 rings (SSSR count). The fraction of sp³-hybridized carbons (Fsp3) is 0.500. The molecule has 1 saturated carbocycles. The van der Waals surface area contributed by atoms with Crippen LogP contribution in [0.3, 0.4) is 0 Å². The predicted molar refractivity (Wildman–Crippen MR) is 171 cm³/mol. The molecule has 14 heteroatoms. The maximum absolute atomic E-state index is 14.4. The van der Waals surface area contributed by atoms with E-state index in [2.05, 4.69) is 20.4 Å². The summed E-state index contributed by atoms with van der Waals surface area (Å²) in [6.07, 6.45) is 3.15. The first kappa shape index (κ1) is 28.9. The van der Waals surface area contributed by atoms with E-state index in [9.17, 15) is 13.2 Å². The second kappa shape index (κ2) is 10.6. The van der Waals surface area contributed by atoms with Gasteiger partial charge in [-0.1, -0.05) is 11.6 Å². The summed E-state index contributed by atoms with van der Waals surface area (Å²) in [6.45, 7) is 1.02. The maximum Gasteiger partial charge on any atom is 0.397 e. The minimum Gasteiger partial charge on any atom is -0.462 e. The van der Waals surface area contributed by atoms with Crippen LogP contribution in [-0.4, -0.2) is 76.3 Å². The van der Waals surface area contributed by atoms with Crippen molar-refractivity contribution >= 4 is 60.0 Å². The molecule has 7 heterocycles. The number of aromatic nitrogens is 5. The Bertz CT molecular complexity index is 1980. The number of H-pyrrole nitrogens is 1. The largest absolute Gasteiger partial charge is 0.462 e. The van der Waals surface area contributed by atoms with Crippen molar-refractivity contribution in [1.29, 1.82) is 0 Å². The van der Waals surface area contributed by atoms with Gasteiger partial charge < -0.3 is 19.7 Å². The van der Waals surface area contributed by atoms with Gasteiger partial charge in [-0.2, -0.15) is 28.2 Å². The molecule has 4 fully saturated rings. The summed E-state index contributed by atoms with van der Waals surface area (Å²) in [5.74, 6) is 1.04. The number of pyridine rings is 1. The van der Waals surface area contributed by atoms with Gasteiger partial charge in [0, 0.05) is 65.9 Å². The first-order valence-corrected chi connectivity index (χ1v) is 17.0. The van der Waals surface area contributed by atoms with Crippen LogP contribution in [0.15, 0.2) is 24.5 Å². The molecule has 3 aliphatic heterocycles. The van der Waals surface area contributed by atoms with Crippen LogP contribution >= 0.6 is 22.9 Å². The zero-order chi connectivity index (χ0) is 31.2. The molecular formula is C32H31ClF3N7O2S. The number of hydrogen-bond acceptors (Lipinski definition) is 9. The number of halogens is 4. The van der Waals surface area contributed by atoms with Crippen molar-refractivity contribution in [2.75, 3.05) is 37.8 Å². The maximum atomic E-state index is 14.4. The number of fused-ring (bicyclic) bond motifs is 6. The quantitative estimate of drug-likeness (QED) is 0.200. The van der Waals surface area contributed by atoms with Gasteiger partial charge in [0.25, 0.3) is 0 Å². The van der Waals surface area contributed by atoms with Gasteiger partial charge in [-0.3, -0.25) is 10.1 Å². The van der Waals surface area contributed by atoms with E-state index in [0.29, 0.717) is 33.7 Å². The second-order valence-electron chi connectivity index (χ2n) is 13.1. The number of ether oxygens (including phenoxy) is 2. The first-order valence-electron chi connectivity index (χ1n) is 15.8. The van der Waals surface area contributed by atoms with E-state index in [1.54, 1.807) is 6.20 Å². The number of rotatable bonds is 6. The van der Waals surface area contributed by atoms with E-state index in [1.807, 2.05) is 18.3 Å². The molecule has 0 amide bonds. The van der Waals surface area contributed by atoms with Crippen LogP contribution in [0.5, 0.6) is 6.01 Å². The third kappa shape index (κ3) is 4.64. The predicted octanol–water partition coefficient (Wildman–Crippen LogP) is 6.99. The number of benzene rings is 1. The molecule has 2 unspecified atom stereocenters. The van der Waals surface area contributed by atoms with Gasteiger partial charge >= 0.3 is 12.2 Å². The van der Waals surface area contributed by atoms with Crippen LogP contribution in [0, 0.1) is 5.41 Å². The lowest BCUT2D eigenvalue weighted by atomic mass is 9.80. The number of hydrogen-bond donors (Lipinski definition) is 2. The van der Waals surface area contributed by atoms with Crippen molar-refractivity contribution in [3.63, 3.8) is 0 Å². The number of thiophene rings is 1. The monoisotopic (exact) mass is 669 g/mol. The molecule has 240 valence electrons. The topological polar surface area (TPSA) is 101 Å². The summed E-state index contributed by atoms with van der Waals surface area (Å²) in [6, 6.07) is 4.53. The molecule has 46 heavy (non-hydrogen) atoms. The number of aromatic amines is 1. The Labute approximate surface area is 270 Å². The molecule has 1 aliphatic carbocycles. The Morgan fingerprint density at radius 2 is 1.87 bits per heavy atom. The summed E-state index contributed by atoms with van der Waals surface area (Å²) < 4.78 is 55.2. The zero-order valence-corrected chi connectivity index (χ0v) is 26.4. The molecule has 9 nitrogen and oxygen atoms in total.